The SMILES string of the molecule is O=NCCCCCCCCCc1ccccc1O. The Morgan fingerprint density at radius 3 is 2.17 bits per heavy atom. The maximum absolute atomic E-state index is 9.87. The van der Waals surface area contributed by atoms with Crippen LogP contribution in [0.15, 0.2) is 29.4 Å². The van der Waals surface area contributed by atoms with E-state index in [1.54, 1.807) is 6.07 Å². The summed E-state index contributed by atoms with van der Waals surface area (Å²) in [5.74, 6) is 0.416. The molecule has 1 aromatic carbocycles. The van der Waals surface area contributed by atoms with Crippen LogP contribution in [0.5, 0.6) is 5.75 Å². The van der Waals surface area contributed by atoms with Gasteiger partial charge in [0.2, 0.25) is 0 Å². The van der Waals surface area contributed by atoms with Crippen LogP contribution in [0.3, 0.4) is 0 Å². The number of benzene rings is 1. The molecule has 0 unspecified atom stereocenters. The molecule has 1 rings (SSSR count). The monoisotopic (exact) mass is 249 g/mol. The molecule has 0 aliphatic heterocycles. The molecule has 3 heteroatoms. The number of nitroso groups, excluding NO2 is 1. The fourth-order valence-electron chi connectivity index (χ4n) is 2.10. The number of para-hydroxylation sites is 1. The van der Waals surface area contributed by atoms with E-state index >= 15 is 0 Å². The number of phenolic OH excluding ortho intramolecular Hbond substituents is 1. The molecule has 18 heavy (non-hydrogen) atoms. The van der Waals surface area contributed by atoms with E-state index in [1.807, 2.05) is 18.2 Å². The van der Waals surface area contributed by atoms with Gasteiger partial charge >= 0.3 is 0 Å². The van der Waals surface area contributed by atoms with Crippen molar-refractivity contribution >= 4 is 0 Å². The van der Waals surface area contributed by atoms with Gasteiger partial charge in [0.15, 0.2) is 0 Å². The number of rotatable bonds is 10. The first kappa shape index (κ1) is 14.7. The van der Waals surface area contributed by atoms with Gasteiger partial charge in [-0.05, 0) is 30.9 Å². The van der Waals surface area contributed by atoms with Crippen molar-refractivity contribution in [2.24, 2.45) is 5.18 Å². The van der Waals surface area contributed by atoms with Gasteiger partial charge < -0.3 is 5.11 Å². The Morgan fingerprint density at radius 2 is 1.50 bits per heavy atom. The average Bonchev–Trinajstić information content (AvgIpc) is 2.39. The highest BCUT2D eigenvalue weighted by atomic mass is 16.3. The van der Waals surface area contributed by atoms with E-state index in [-0.39, 0.29) is 0 Å². The molecular weight excluding hydrogens is 226 g/mol. The van der Waals surface area contributed by atoms with Gasteiger partial charge in [0.25, 0.3) is 0 Å². The molecule has 0 aliphatic carbocycles. The molecule has 0 amide bonds. The Labute approximate surface area is 109 Å². The van der Waals surface area contributed by atoms with Gasteiger partial charge in [-0.3, -0.25) is 0 Å². The van der Waals surface area contributed by atoms with E-state index in [0.717, 1.165) is 31.2 Å². The predicted molar refractivity (Wildman–Crippen MR) is 74.8 cm³/mol. The van der Waals surface area contributed by atoms with Crippen molar-refractivity contribution in [1.29, 1.82) is 0 Å². The number of hydrogen-bond acceptors (Lipinski definition) is 3. The highest BCUT2D eigenvalue weighted by Crippen LogP contribution is 2.18. The van der Waals surface area contributed by atoms with Gasteiger partial charge in [-0.15, -0.1) is 0 Å². The normalized spacial score (nSPS) is 10.4. The maximum atomic E-state index is 9.87. The number of aromatic hydroxyl groups is 1. The van der Waals surface area contributed by atoms with Crippen LogP contribution in [-0.2, 0) is 6.42 Å². The second-order valence-corrected chi connectivity index (χ2v) is 4.71. The van der Waals surface area contributed by atoms with Crippen molar-refractivity contribution < 1.29 is 5.11 Å². The Kier molecular flexibility index (Phi) is 7.85. The van der Waals surface area contributed by atoms with Gasteiger partial charge in [-0.25, -0.2) is 0 Å². The molecule has 0 fully saturated rings. The zero-order valence-corrected chi connectivity index (χ0v) is 11.0. The van der Waals surface area contributed by atoms with Gasteiger partial charge in [0.1, 0.15) is 5.75 Å². The molecule has 0 saturated heterocycles. The summed E-state index contributed by atoms with van der Waals surface area (Å²) >= 11 is 0. The highest BCUT2D eigenvalue weighted by Gasteiger charge is 1.99. The molecule has 0 bridgehead atoms. The maximum Gasteiger partial charge on any atom is 0.118 e. The standard InChI is InChI=1S/C15H23NO2/c17-15-12-8-7-11-14(15)10-6-4-2-1-3-5-9-13-16-18/h7-8,11-12,17H,1-6,9-10,13H2. The summed E-state index contributed by atoms with van der Waals surface area (Å²) in [5.41, 5.74) is 1.05. The molecule has 1 aromatic rings. The summed E-state index contributed by atoms with van der Waals surface area (Å²) in [6, 6.07) is 7.56. The fourth-order valence-corrected chi connectivity index (χ4v) is 2.10. The molecule has 1 N–H and O–H groups in total. The van der Waals surface area contributed by atoms with Crippen LogP contribution < -0.4 is 0 Å². The third-order valence-corrected chi connectivity index (χ3v) is 3.19. The molecule has 100 valence electrons. The lowest BCUT2D eigenvalue weighted by atomic mass is 10.0. The third-order valence-electron chi connectivity index (χ3n) is 3.19. The van der Waals surface area contributed by atoms with Gasteiger partial charge in [-0.2, -0.15) is 4.91 Å². The lowest BCUT2D eigenvalue weighted by molar-refractivity contribution is 0.466. The number of unbranched alkanes of at least 4 members (excludes halogenated alkanes) is 6. The van der Waals surface area contributed by atoms with Gasteiger partial charge in [-0.1, -0.05) is 55.5 Å². The summed E-state index contributed by atoms with van der Waals surface area (Å²) < 4.78 is 0. The van der Waals surface area contributed by atoms with Crippen LogP contribution in [0.4, 0.5) is 0 Å². The highest BCUT2D eigenvalue weighted by molar-refractivity contribution is 5.31. The molecule has 0 aliphatic rings. The first-order chi connectivity index (χ1) is 8.84. The molecule has 0 saturated carbocycles. The molecule has 3 nitrogen and oxygen atoms in total. The van der Waals surface area contributed by atoms with Crippen molar-refractivity contribution in [2.45, 2.75) is 51.4 Å². The second-order valence-electron chi connectivity index (χ2n) is 4.71. The number of phenols is 1. The molecule has 0 atom stereocenters. The molecule has 0 radical (unpaired) electrons. The van der Waals surface area contributed by atoms with Crippen molar-refractivity contribution in [2.75, 3.05) is 6.54 Å². The lowest BCUT2D eigenvalue weighted by Crippen LogP contribution is -1.87. The van der Waals surface area contributed by atoms with Gasteiger partial charge in [0.05, 0.1) is 6.54 Å². The van der Waals surface area contributed by atoms with Crippen LogP contribution in [0, 0.1) is 4.91 Å². The predicted octanol–water partition coefficient (Wildman–Crippen LogP) is 4.43. The third kappa shape index (κ3) is 6.38. The van der Waals surface area contributed by atoms with Crippen LogP contribution in [0.2, 0.25) is 0 Å². The molecule has 0 spiro atoms. The number of hydrogen-bond donors (Lipinski definition) is 1. The van der Waals surface area contributed by atoms with E-state index < -0.39 is 0 Å². The summed E-state index contributed by atoms with van der Waals surface area (Å²) in [6.45, 7) is 0.466. The Hall–Kier alpha value is -1.38. The van der Waals surface area contributed by atoms with Crippen LogP contribution in [0.1, 0.15) is 50.5 Å². The van der Waals surface area contributed by atoms with Crippen molar-refractivity contribution in [3.63, 3.8) is 0 Å². The molecular formula is C15H23NO2. The summed E-state index contributed by atoms with van der Waals surface area (Å²) in [4.78, 5) is 9.87. The van der Waals surface area contributed by atoms with Crippen molar-refractivity contribution in [3.05, 3.63) is 34.7 Å². The smallest absolute Gasteiger partial charge is 0.118 e. The zero-order chi connectivity index (χ0) is 13.1. The van der Waals surface area contributed by atoms with Crippen LogP contribution in [0.25, 0.3) is 0 Å². The van der Waals surface area contributed by atoms with Crippen LogP contribution in [-0.4, -0.2) is 11.7 Å². The van der Waals surface area contributed by atoms with Gasteiger partial charge in [0, 0.05) is 0 Å². The quantitative estimate of drug-likeness (QED) is 0.492. The fraction of sp³-hybridized carbons (Fsp3) is 0.600. The summed E-state index contributed by atoms with van der Waals surface area (Å²) in [7, 11) is 0. The van der Waals surface area contributed by atoms with E-state index in [9.17, 15) is 10.0 Å². The Bertz CT molecular complexity index is 339. The lowest BCUT2D eigenvalue weighted by Gasteiger charge is -2.04. The number of nitrogens with zero attached hydrogens (tertiary/aromatic N) is 1. The first-order valence-corrected chi connectivity index (χ1v) is 6.90. The number of aryl methyl sites for hydroxylation is 1. The van der Waals surface area contributed by atoms with Crippen molar-refractivity contribution in [1.82, 2.24) is 0 Å². The topological polar surface area (TPSA) is 49.7 Å². The molecule has 0 heterocycles. The minimum absolute atomic E-state index is 0.416. The summed E-state index contributed by atoms with van der Waals surface area (Å²) in [6.07, 6.45) is 9.02. The summed E-state index contributed by atoms with van der Waals surface area (Å²) in [5, 5.41) is 12.5. The van der Waals surface area contributed by atoms with E-state index in [2.05, 4.69) is 5.18 Å². The van der Waals surface area contributed by atoms with Crippen molar-refractivity contribution in [3.8, 4) is 5.75 Å². The second kappa shape index (κ2) is 9.63. The average molecular weight is 249 g/mol. The molecule has 0 aromatic heterocycles. The van der Waals surface area contributed by atoms with E-state index in [0.29, 0.717) is 12.3 Å². The zero-order valence-electron chi connectivity index (χ0n) is 11.0. The first-order valence-electron chi connectivity index (χ1n) is 6.90. The Morgan fingerprint density at radius 1 is 0.889 bits per heavy atom. The largest absolute Gasteiger partial charge is 0.508 e. The van der Waals surface area contributed by atoms with E-state index in [1.165, 1.54) is 25.7 Å². The minimum Gasteiger partial charge on any atom is -0.508 e. The Balaban J connectivity index is 1.96. The minimum atomic E-state index is 0.416. The van der Waals surface area contributed by atoms with Crippen LogP contribution >= 0.6 is 0 Å². The van der Waals surface area contributed by atoms with E-state index in [4.69, 9.17) is 0 Å².